The molecular formula is C13H18O4S. The molecule has 4 nitrogen and oxygen atoms in total. The van der Waals surface area contributed by atoms with Gasteiger partial charge in [-0.15, -0.1) is 0 Å². The molecule has 1 atom stereocenters. The van der Waals surface area contributed by atoms with E-state index in [1.54, 1.807) is 23.9 Å². The lowest BCUT2D eigenvalue weighted by molar-refractivity contribution is -0.00474. The highest BCUT2D eigenvalue weighted by molar-refractivity contribution is 7.99. The van der Waals surface area contributed by atoms with Crippen LogP contribution in [0.15, 0.2) is 16.5 Å². The second kappa shape index (κ2) is 4.63. The monoisotopic (exact) mass is 270 g/mol. The summed E-state index contributed by atoms with van der Waals surface area (Å²) in [4.78, 5) is 11.3. The standard InChI is InChI=1S/C13H18O4S/c1-12(2)6-13(15,8-18-7-12)10-5-4-9(17-10)11(14)16-3/h4-5,15H,6-8H2,1-3H3. The van der Waals surface area contributed by atoms with Gasteiger partial charge in [-0.2, -0.15) is 11.8 Å². The summed E-state index contributed by atoms with van der Waals surface area (Å²) in [5.41, 5.74) is -0.950. The van der Waals surface area contributed by atoms with Crippen molar-refractivity contribution in [2.45, 2.75) is 25.9 Å². The number of rotatable bonds is 2. The second-order valence-corrected chi connectivity index (χ2v) is 6.51. The Morgan fingerprint density at radius 3 is 2.78 bits per heavy atom. The van der Waals surface area contributed by atoms with Crippen molar-refractivity contribution in [3.05, 3.63) is 23.7 Å². The predicted octanol–water partition coefficient (Wildman–Crippen LogP) is 2.42. The largest absolute Gasteiger partial charge is 0.463 e. The Hall–Kier alpha value is -0.940. The average Bonchev–Trinajstić information content (AvgIpc) is 2.76. The number of methoxy groups -OCH3 is 1. The van der Waals surface area contributed by atoms with Gasteiger partial charge >= 0.3 is 5.97 Å². The van der Waals surface area contributed by atoms with Gasteiger partial charge in [-0.3, -0.25) is 0 Å². The molecule has 0 radical (unpaired) electrons. The molecule has 1 unspecified atom stereocenters. The number of carbonyl (C=O) groups is 1. The number of hydrogen-bond donors (Lipinski definition) is 1. The summed E-state index contributed by atoms with van der Waals surface area (Å²) < 4.78 is 10.0. The van der Waals surface area contributed by atoms with E-state index in [0.29, 0.717) is 17.9 Å². The molecule has 1 aliphatic heterocycles. The highest BCUT2D eigenvalue weighted by Crippen LogP contribution is 2.44. The molecule has 1 aromatic heterocycles. The van der Waals surface area contributed by atoms with E-state index in [9.17, 15) is 9.90 Å². The van der Waals surface area contributed by atoms with Crippen LogP contribution in [0.4, 0.5) is 0 Å². The van der Waals surface area contributed by atoms with Gasteiger partial charge in [0.15, 0.2) is 0 Å². The first-order chi connectivity index (χ1) is 8.36. The van der Waals surface area contributed by atoms with Crippen LogP contribution >= 0.6 is 11.8 Å². The van der Waals surface area contributed by atoms with Crippen molar-refractivity contribution < 1.29 is 19.1 Å². The highest BCUT2D eigenvalue weighted by atomic mass is 32.2. The van der Waals surface area contributed by atoms with Crippen LogP contribution in [-0.2, 0) is 10.3 Å². The molecule has 0 amide bonds. The smallest absolute Gasteiger partial charge is 0.373 e. The van der Waals surface area contributed by atoms with Crippen molar-refractivity contribution in [2.75, 3.05) is 18.6 Å². The number of furan rings is 1. The summed E-state index contributed by atoms with van der Waals surface area (Å²) in [5, 5.41) is 10.7. The normalized spacial score (nSPS) is 26.9. The molecule has 0 saturated carbocycles. The van der Waals surface area contributed by atoms with Crippen LogP contribution in [0.25, 0.3) is 0 Å². The van der Waals surface area contributed by atoms with E-state index >= 15 is 0 Å². The third-order valence-corrected chi connectivity index (χ3v) is 4.72. The Morgan fingerprint density at radius 1 is 1.44 bits per heavy atom. The lowest BCUT2D eigenvalue weighted by Crippen LogP contribution is -2.39. The Kier molecular flexibility index (Phi) is 3.47. The maximum absolute atomic E-state index is 11.3. The summed E-state index contributed by atoms with van der Waals surface area (Å²) in [5.74, 6) is 1.66. The Morgan fingerprint density at radius 2 is 2.17 bits per heavy atom. The van der Waals surface area contributed by atoms with Crippen LogP contribution in [0.5, 0.6) is 0 Å². The molecule has 0 aliphatic carbocycles. The SMILES string of the molecule is COC(=O)c1ccc(C2(O)CSCC(C)(C)C2)o1. The molecule has 5 heteroatoms. The van der Waals surface area contributed by atoms with Gasteiger partial charge in [-0.1, -0.05) is 13.8 Å². The molecule has 0 aromatic carbocycles. The van der Waals surface area contributed by atoms with Crippen LogP contribution in [0, 0.1) is 5.41 Å². The molecule has 0 spiro atoms. The third-order valence-electron chi connectivity index (χ3n) is 3.06. The van der Waals surface area contributed by atoms with Crippen LogP contribution in [-0.4, -0.2) is 29.7 Å². The van der Waals surface area contributed by atoms with E-state index in [0.717, 1.165) is 5.75 Å². The van der Waals surface area contributed by atoms with E-state index < -0.39 is 11.6 Å². The number of hydrogen-bond acceptors (Lipinski definition) is 5. The Balaban J connectivity index is 2.24. The van der Waals surface area contributed by atoms with E-state index in [2.05, 4.69) is 18.6 Å². The van der Waals surface area contributed by atoms with E-state index in [1.165, 1.54) is 7.11 Å². The molecule has 1 N–H and O–H groups in total. The van der Waals surface area contributed by atoms with Crippen LogP contribution in [0.3, 0.4) is 0 Å². The number of ether oxygens (including phenoxy) is 1. The van der Waals surface area contributed by atoms with E-state index in [4.69, 9.17) is 4.42 Å². The van der Waals surface area contributed by atoms with Crippen LogP contribution < -0.4 is 0 Å². The fourth-order valence-electron chi connectivity index (χ4n) is 2.35. The van der Waals surface area contributed by atoms with Gasteiger partial charge in [0.2, 0.25) is 5.76 Å². The zero-order valence-corrected chi connectivity index (χ0v) is 11.7. The van der Waals surface area contributed by atoms with Gasteiger partial charge in [-0.05, 0) is 29.7 Å². The minimum absolute atomic E-state index is 0.0515. The van der Waals surface area contributed by atoms with Gasteiger partial charge in [0, 0.05) is 5.75 Å². The summed E-state index contributed by atoms with van der Waals surface area (Å²) >= 11 is 1.70. The molecule has 1 aromatic rings. The highest BCUT2D eigenvalue weighted by Gasteiger charge is 2.42. The lowest BCUT2D eigenvalue weighted by atomic mass is 9.81. The fourth-order valence-corrected chi connectivity index (χ4v) is 3.69. The van der Waals surface area contributed by atoms with Crippen molar-refractivity contribution in [2.24, 2.45) is 5.41 Å². The molecule has 1 fully saturated rings. The minimum atomic E-state index is -1.00. The molecule has 1 aliphatic rings. The van der Waals surface area contributed by atoms with Gasteiger partial charge in [0.05, 0.1) is 7.11 Å². The zero-order chi connectivity index (χ0) is 13.4. The van der Waals surface area contributed by atoms with Gasteiger partial charge in [0.1, 0.15) is 11.4 Å². The molecule has 1 saturated heterocycles. The topological polar surface area (TPSA) is 59.7 Å². The van der Waals surface area contributed by atoms with Gasteiger partial charge in [-0.25, -0.2) is 4.79 Å². The lowest BCUT2D eigenvalue weighted by Gasteiger charge is -2.39. The average molecular weight is 270 g/mol. The number of esters is 1. The van der Waals surface area contributed by atoms with E-state index in [1.807, 2.05) is 0 Å². The minimum Gasteiger partial charge on any atom is -0.463 e. The summed E-state index contributed by atoms with van der Waals surface area (Å²) in [6.45, 7) is 4.24. The number of carbonyl (C=O) groups excluding carboxylic acids is 1. The van der Waals surface area contributed by atoms with Gasteiger partial charge in [0.25, 0.3) is 0 Å². The molecular weight excluding hydrogens is 252 g/mol. The van der Waals surface area contributed by atoms with Gasteiger partial charge < -0.3 is 14.3 Å². The first-order valence-electron chi connectivity index (χ1n) is 5.85. The molecule has 18 heavy (non-hydrogen) atoms. The molecule has 2 heterocycles. The number of thioether (sulfide) groups is 1. The Bertz CT molecular complexity index is 452. The van der Waals surface area contributed by atoms with Crippen LogP contribution in [0.2, 0.25) is 0 Å². The molecule has 2 rings (SSSR count). The third kappa shape index (κ3) is 2.57. The molecule has 100 valence electrons. The summed E-state index contributed by atoms with van der Waals surface area (Å²) in [7, 11) is 1.30. The molecule has 0 bridgehead atoms. The summed E-state index contributed by atoms with van der Waals surface area (Å²) in [6, 6.07) is 3.21. The van der Waals surface area contributed by atoms with Crippen molar-refractivity contribution in [3.63, 3.8) is 0 Å². The first kappa shape index (κ1) is 13.5. The second-order valence-electron chi connectivity index (χ2n) is 5.52. The van der Waals surface area contributed by atoms with Crippen molar-refractivity contribution >= 4 is 17.7 Å². The predicted molar refractivity (Wildman–Crippen MR) is 69.7 cm³/mol. The Labute approximate surface area is 111 Å². The maximum atomic E-state index is 11.3. The van der Waals surface area contributed by atoms with Crippen molar-refractivity contribution in [1.29, 1.82) is 0 Å². The van der Waals surface area contributed by atoms with Crippen LogP contribution in [0.1, 0.15) is 36.6 Å². The first-order valence-corrected chi connectivity index (χ1v) is 7.01. The summed E-state index contributed by atoms with van der Waals surface area (Å²) in [6.07, 6.45) is 0.626. The maximum Gasteiger partial charge on any atom is 0.373 e. The van der Waals surface area contributed by atoms with Crippen molar-refractivity contribution in [1.82, 2.24) is 0 Å². The van der Waals surface area contributed by atoms with E-state index in [-0.39, 0.29) is 11.2 Å². The zero-order valence-electron chi connectivity index (χ0n) is 10.9. The number of aliphatic hydroxyl groups is 1. The van der Waals surface area contributed by atoms with Crippen molar-refractivity contribution in [3.8, 4) is 0 Å². The fraction of sp³-hybridized carbons (Fsp3) is 0.615. The quantitative estimate of drug-likeness (QED) is 0.836.